The number of para-hydroxylation sites is 1. The average molecular weight is 465 g/mol. The molecule has 0 radical (unpaired) electrons. The summed E-state index contributed by atoms with van der Waals surface area (Å²) in [4.78, 5) is 0. The minimum absolute atomic E-state index is 0.294. The number of hydrogen-bond donors (Lipinski definition) is 0. The normalized spacial score (nSPS) is 12.0. The van der Waals surface area contributed by atoms with Crippen molar-refractivity contribution in [2.45, 2.75) is 30.5 Å². The highest BCUT2D eigenvalue weighted by Gasteiger charge is 2.19. The smallest absolute Gasteiger partial charge is 0.191 e. The molecule has 0 spiro atoms. The predicted octanol–water partition coefficient (Wildman–Crippen LogP) is 6.31. The van der Waals surface area contributed by atoms with E-state index in [-0.39, 0.29) is 6.10 Å². The number of thioether (sulfide) groups is 1. The van der Waals surface area contributed by atoms with Crippen LogP contribution in [-0.2, 0) is 12.3 Å². The molecule has 0 aliphatic heterocycles. The van der Waals surface area contributed by atoms with Gasteiger partial charge in [0.15, 0.2) is 17.1 Å². The van der Waals surface area contributed by atoms with Gasteiger partial charge >= 0.3 is 0 Å². The molecule has 0 amide bonds. The zero-order valence-corrected chi connectivity index (χ0v) is 18.0. The summed E-state index contributed by atoms with van der Waals surface area (Å²) in [6, 6.07) is 15.6. The number of aromatic nitrogens is 3. The second-order valence-electron chi connectivity index (χ2n) is 5.85. The fourth-order valence-electron chi connectivity index (χ4n) is 2.57. The van der Waals surface area contributed by atoms with E-state index in [9.17, 15) is 0 Å². The van der Waals surface area contributed by atoms with Crippen molar-refractivity contribution in [1.29, 1.82) is 0 Å². The molecule has 0 fully saturated rings. The third-order valence-corrected chi connectivity index (χ3v) is 5.66. The van der Waals surface area contributed by atoms with Crippen molar-refractivity contribution in [3.05, 3.63) is 82.1 Å². The summed E-state index contributed by atoms with van der Waals surface area (Å²) >= 11 is 11.3. The molecule has 3 aromatic rings. The molecule has 0 N–H and O–H groups in total. The van der Waals surface area contributed by atoms with Gasteiger partial charge < -0.3 is 4.74 Å². The van der Waals surface area contributed by atoms with Gasteiger partial charge in [0.25, 0.3) is 0 Å². The third-order valence-electron chi connectivity index (χ3n) is 3.82. The summed E-state index contributed by atoms with van der Waals surface area (Å²) in [5, 5.41) is 10.1. The van der Waals surface area contributed by atoms with Crippen molar-refractivity contribution in [3.8, 4) is 5.75 Å². The fraction of sp³-hybridized carbons (Fsp3) is 0.200. The van der Waals surface area contributed by atoms with Crippen LogP contribution in [0.2, 0.25) is 5.02 Å². The van der Waals surface area contributed by atoms with Crippen molar-refractivity contribution in [2.75, 3.05) is 0 Å². The quantitative estimate of drug-likeness (QED) is 0.289. The Morgan fingerprint density at radius 1 is 1.26 bits per heavy atom. The maximum atomic E-state index is 6.20. The SMILES string of the molecule is C=CCn1c(SCc2cccc(Br)c2)nnc1C(C)Oc1ccccc1Cl. The van der Waals surface area contributed by atoms with Crippen molar-refractivity contribution in [1.82, 2.24) is 14.8 Å². The van der Waals surface area contributed by atoms with Gasteiger partial charge in [0, 0.05) is 16.8 Å². The standard InChI is InChI=1S/C20H19BrClN3OS/c1-3-11-25-19(14(2)26-18-10-5-4-9-17(18)22)23-24-20(25)27-13-15-7-6-8-16(21)12-15/h3-10,12,14H,1,11,13H2,2H3. The van der Waals surface area contributed by atoms with Crippen molar-refractivity contribution >= 4 is 39.3 Å². The van der Waals surface area contributed by atoms with Crippen molar-refractivity contribution in [2.24, 2.45) is 0 Å². The molecule has 4 nitrogen and oxygen atoms in total. The summed E-state index contributed by atoms with van der Waals surface area (Å²) < 4.78 is 9.10. The Balaban J connectivity index is 1.77. The second-order valence-corrected chi connectivity index (χ2v) is 8.11. The van der Waals surface area contributed by atoms with Gasteiger partial charge in [-0.2, -0.15) is 0 Å². The van der Waals surface area contributed by atoms with Crippen LogP contribution in [0, 0.1) is 0 Å². The summed E-state index contributed by atoms with van der Waals surface area (Å²) in [6.07, 6.45) is 1.54. The maximum absolute atomic E-state index is 6.20. The topological polar surface area (TPSA) is 39.9 Å². The van der Waals surface area contributed by atoms with Crippen LogP contribution in [0.15, 0.2) is 70.8 Å². The number of rotatable bonds is 8. The Kier molecular flexibility index (Phi) is 6.99. The third kappa shape index (κ3) is 5.15. The van der Waals surface area contributed by atoms with E-state index >= 15 is 0 Å². The molecule has 1 atom stereocenters. The summed E-state index contributed by atoms with van der Waals surface area (Å²) in [6.45, 7) is 6.40. The van der Waals surface area contributed by atoms with Crippen LogP contribution in [0.1, 0.15) is 24.4 Å². The number of ether oxygens (including phenoxy) is 1. The van der Waals surface area contributed by atoms with Crippen molar-refractivity contribution < 1.29 is 4.74 Å². The van der Waals surface area contributed by atoms with Gasteiger partial charge in [-0.05, 0) is 36.8 Å². The fourth-order valence-corrected chi connectivity index (χ4v) is 4.09. The Morgan fingerprint density at radius 2 is 2.07 bits per heavy atom. The molecule has 0 aliphatic carbocycles. The summed E-state index contributed by atoms with van der Waals surface area (Å²) in [5.41, 5.74) is 1.21. The largest absolute Gasteiger partial charge is 0.481 e. The summed E-state index contributed by atoms with van der Waals surface area (Å²) in [7, 11) is 0. The highest BCUT2D eigenvalue weighted by Crippen LogP contribution is 2.30. The van der Waals surface area contributed by atoms with E-state index in [4.69, 9.17) is 16.3 Å². The van der Waals surface area contributed by atoms with Gasteiger partial charge in [-0.1, -0.05) is 69.6 Å². The molecule has 1 heterocycles. The molecule has 2 aromatic carbocycles. The van der Waals surface area contributed by atoms with Crippen LogP contribution in [-0.4, -0.2) is 14.8 Å². The lowest BCUT2D eigenvalue weighted by Gasteiger charge is -2.16. The molecule has 0 saturated carbocycles. The molecule has 0 aliphatic rings. The van der Waals surface area contributed by atoms with Gasteiger partial charge in [-0.25, -0.2) is 0 Å². The highest BCUT2D eigenvalue weighted by molar-refractivity contribution is 9.10. The molecule has 0 bridgehead atoms. The molecule has 3 rings (SSSR count). The number of nitrogens with zero attached hydrogens (tertiary/aromatic N) is 3. The van der Waals surface area contributed by atoms with Crippen LogP contribution in [0.3, 0.4) is 0 Å². The van der Waals surface area contributed by atoms with Gasteiger partial charge in [0.1, 0.15) is 5.75 Å². The van der Waals surface area contributed by atoms with Crippen LogP contribution < -0.4 is 4.74 Å². The Morgan fingerprint density at radius 3 is 2.81 bits per heavy atom. The van der Waals surface area contributed by atoms with E-state index < -0.39 is 0 Å². The highest BCUT2D eigenvalue weighted by atomic mass is 79.9. The Bertz CT molecular complexity index is 931. The monoisotopic (exact) mass is 463 g/mol. The summed E-state index contributed by atoms with van der Waals surface area (Å²) in [5.74, 6) is 2.17. The van der Waals surface area contributed by atoms with Gasteiger partial charge in [-0.15, -0.1) is 16.8 Å². The Labute approximate surface area is 176 Å². The first-order valence-corrected chi connectivity index (χ1v) is 10.6. The lowest BCUT2D eigenvalue weighted by Crippen LogP contribution is -2.12. The lowest BCUT2D eigenvalue weighted by molar-refractivity contribution is 0.210. The van der Waals surface area contributed by atoms with Crippen LogP contribution in [0.25, 0.3) is 0 Å². The van der Waals surface area contributed by atoms with Gasteiger partial charge in [0.05, 0.1) is 5.02 Å². The zero-order chi connectivity index (χ0) is 19.2. The zero-order valence-electron chi connectivity index (χ0n) is 14.8. The van der Waals surface area contributed by atoms with Crippen LogP contribution in [0.4, 0.5) is 0 Å². The molecule has 1 unspecified atom stereocenters. The van der Waals surface area contributed by atoms with Crippen molar-refractivity contribution in [3.63, 3.8) is 0 Å². The first-order chi connectivity index (χ1) is 13.1. The van der Waals surface area contributed by atoms with E-state index in [1.165, 1.54) is 5.56 Å². The predicted molar refractivity (Wildman–Crippen MR) is 114 cm³/mol. The average Bonchev–Trinajstić information content (AvgIpc) is 3.05. The molecule has 0 saturated heterocycles. The minimum atomic E-state index is -0.294. The number of benzene rings is 2. The van der Waals surface area contributed by atoms with Gasteiger partial charge in [-0.3, -0.25) is 4.57 Å². The van der Waals surface area contributed by atoms with Crippen LogP contribution in [0.5, 0.6) is 5.75 Å². The van der Waals surface area contributed by atoms with Crippen LogP contribution >= 0.6 is 39.3 Å². The lowest BCUT2D eigenvalue weighted by atomic mass is 10.2. The molecule has 1 aromatic heterocycles. The van der Waals surface area contributed by atoms with E-state index in [1.54, 1.807) is 17.8 Å². The van der Waals surface area contributed by atoms with E-state index in [0.717, 1.165) is 21.2 Å². The van der Waals surface area contributed by atoms with E-state index in [1.807, 2.05) is 47.9 Å². The first-order valence-electron chi connectivity index (χ1n) is 8.41. The van der Waals surface area contributed by atoms with E-state index in [2.05, 4.69) is 44.8 Å². The maximum Gasteiger partial charge on any atom is 0.191 e. The molecular formula is C20H19BrClN3OS. The minimum Gasteiger partial charge on any atom is -0.481 e. The second kappa shape index (κ2) is 9.44. The molecule has 7 heteroatoms. The molecule has 27 heavy (non-hydrogen) atoms. The molecule has 140 valence electrons. The number of hydrogen-bond acceptors (Lipinski definition) is 4. The van der Waals surface area contributed by atoms with Gasteiger partial charge in [0.2, 0.25) is 0 Å². The first kappa shape index (κ1) is 20.0. The number of halogens is 2. The molecular weight excluding hydrogens is 446 g/mol. The van der Waals surface area contributed by atoms with E-state index in [0.29, 0.717) is 17.3 Å². The number of allylic oxidation sites excluding steroid dienone is 1. The Hall–Kier alpha value is -1.76.